The maximum Gasteiger partial charge on any atom is 0.275 e. The number of amides is 1. The van der Waals surface area contributed by atoms with Gasteiger partial charge in [-0.15, -0.1) is 0 Å². The molecular formula is C18H21N7O7S. The SMILES string of the molecule is CNc1nc(-c2cncc(S(C)(=O)=O)c2)nc2c1ncn2C1O[C@@H](C(=O)NOC)C(O)C1O. The Hall–Kier alpha value is -3.24. The summed E-state index contributed by atoms with van der Waals surface area (Å²) in [6.07, 6.45) is -0.612. The van der Waals surface area contributed by atoms with Crippen molar-refractivity contribution in [3.8, 4) is 11.4 Å². The van der Waals surface area contributed by atoms with Crippen molar-refractivity contribution in [1.29, 1.82) is 0 Å². The summed E-state index contributed by atoms with van der Waals surface area (Å²) in [6.45, 7) is 0. The summed E-state index contributed by atoms with van der Waals surface area (Å²) in [5.74, 6) is -0.320. The highest BCUT2D eigenvalue weighted by Gasteiger charge is 2.48. The van der Waals surface area contributed by atoms with Crippen molar-refractivity contribution in [2.24, 2.45) is 0 Å². The van der Waals surface area contributed by atoms with Gasteiger partial charge in [0.1, 0.15) is 12.2 Å². The summed E-state index contributed by atoms with van der Waals surface area (Å²) in [6, 6.07) is 1.39. The minimum absolute atomic E-state index is 0.00659. The van der Waals surface area contributed by atoms with Gasteiger partial charge < -0.3 is 20.3 Å². The van der Waals surface area contributed by atoms with Gasteiger partial charge in [-0.2, -0.15) is 0 Å². The van der Waals surface area contributed by atoms with E-state index in [2.05, 4.69) is 35.6 Å². The van der Waals surface area contributed by atoms with Crippen LogP contribution in [0.2, 0.25) is 0 Å². The van der Waals surface area contributed by atoms with E-state index in [1.54, 1.807) is 7.05 Å². The summed E-state index contributed by atoms with van der Waals surface area (Å²) in [5, 5.41) is 23.7. The molecule has 0 radical (unpaired) electrons. The molecular weight excluding hydrogens is 458 g/mol. The minimum Gasteiger partial charge on any atom is -0.387 e. The molecule has 3 aromatic heterocycles. The van der Waals surface area contributed by atoms with Crippen LogP contribution in [0, 0.1) is 0 Å². The van der Waals surface area contributed by atoms with Crippen LogP contribution in [-0.2, 0) is 24.2 Å². The average Bonchev–Trinajstić information content (AvgIpc) is 3.34. The van der Waals surface area contributed by atoms with Crippen LogP contribution in [0.3, 0.4) is 0 Å². The van der Waals surface area contributed by atoms with Gasteiger partial charge in [-0.05, 0) is 6.07 Å². The normalized spacial score (nSPS) is 23.1. The van der Waals surface area contributed by atoms with Crippen molar-refractivity contribution < 1.29 is 33.0 Å². The first kappa shape index (κ1) is 22.9. The number of rotatable bonds is 6. The Labute approximate surface area is 187 Å². The Morgan fingerprint density at radius 2 is 2.00 bits per heavy atom. The number of aromatic nitrogens is 5. The topological polar surface area (TPSA) is 191 Å². The van der Waals surface area contributed by atoms with Crippen LogP contribution in [0.4, 0.5) is 5.82 Å². The predicted molar refractivity (Wildman–Crippen MR) is 112 cm³/mol. The zero-order chi connectivity index (χ0) is 23.9. The number of nitrogens with one attached hydrogen (secondary N) is 2. The Kier molecular flexibility index (Phi) is 5.98. The highest BCUT2D eigenvalue weighted by atomic mass is 32.2. The third-order valence-corrected chi connectivity index (χ3v) is 6.11. The molecule has 4 N–H and O–H groups in total. The van der Waals surface area contributed by atoms with Gasteiger partial charge in [0.05, 0.1) is 18.3 Å². The summed E-state index contributed by atoms with van der Waals surface area (Å²) in [7, 11) is -0.674. The van der Waals surface area contributed by atoms with E-state index >= 15 is 0 Å². The number of fused-ring (bicyclic) bond motifs is 1. The van der Waals surface area contributed by atoms with Gasteiger partial charge in [0.2, 0.25) is 0 Å². The average molecular weight is 479 g/mol. The number of hydroxylamine groups is 1. The summed E-state index contributed by atoms with van der Waals surface area (Å²) in [5.41, 5.74) is 2.91. The minimum atomic E-state index is -3.51. The number of ether oxygens (including phenoxy) is 1. The Morgan fingerprint density at radius 1 is 1.24 bits per heavy atom. The summed E-state index contributed by atoms with van der Waals surface area (Å²) in [4.78, 5) is 33.7. The molecule has 0 bridgehead atoms. The van der Waals surface area contributed by atoms with E-state index in [1.807, 2.05) is 0 Å². The molecule has 0 spiro atoms. The number of sulfone groups is 1. The number of imidazole rings is 1. The fourth-order valence-corrected chi connectivity index (χ4v) is 4.01. The van der Waals surface area contributed by atoms with E-state index in [0.29, 0.717) is 16.9 Å². The van der Waals surface area contributed by atoms with Gasteiger partial charge in [-0.1, -0.05) is 0 Å². The number of anilines is 1. The molecule has 0 aliphatic carbocycles. The number of pyridine rings is 1. The van der Waals surface area contributed by atoms with Crippen molar-refractivity contribution in [3.05, 3.63) is 24.8 Å². The molecule has 176 valence electrons. The van der Waals surface area contributed by atoms with Crippen LogP contribution < -0.4 is 10.8 Å². The van der Waals surface area contributed by atoms with Crippen LogP contribution in [0.25, 0.3) is 22.6 Å². The highest BCUT2D eigenvalue weighted by molar-refractivity contribution is 7.90. The lowest BCUT2D eigenvalue weighted by molar-refractivity contribution is -0.148. The smallest absolute Gasteiger partial charge is 0.275 e. The molecule has 15 heteroatoms. The lowest BCUT2D eigenvalue weighted by Gasteiger charge is -2.17. The van der Waals surface area contributed by atoms with Gasteiger partial charge in [0, 0.05) is 31.3 Å². The number of carbonyl (C=O) groups is 1. The molecule has 1 fully saturated rings. The number of carbonyl (C=O) groups excluding carboxylic acids is 1. The van der Waals surface area contributed by atoms with E-state index in [0.717, 1.165) is 6.26 Å². The second-order valence-electron chi connectivity index (χ2n) is 7.25. The first-order valence-corrected chi connectivity index (χ1v) is 11.5. The Balaban J connectivity index is 1.80. The Morgan fingerprint density at radius 3 is 2.67 bits per heavy atom. The van der Waals surface area contributed by atoms with Crippen molar-refractivity contribution in [2.45, 2.75) is 29.4 Å². The van der Waals surface area contributed by atoms with Crippen LogP contribution in [0.15, 0.2) is 29.7 Å². The summed E-state index contributed by atoms with van der Waals surface area (Å²) >= 11 is 0. The number of hydrogen-bond donors (Lipinski definition) is 4. The van der Waals surface area contributed by atoms with Gasteiger partial charge in [-0.25, -0.2) is 28.8 Å². The monoisotopic (exact) mass is 479 g/mol. The molecule has 0 saturated carbocycles. The standard InChI is InChI=1S/C18H21N7O7S/c1-19-15-10-16(23-14(22-15)8-4-9(6-20-5-8)33(3,29)30)25(7-21-10)18-12(27)11(26)13(32-18)17(28)24-31-2/h4-7,11-13,18,26-27H,1-3H3,(H,24,28)(H,19,22,23)/t11?,12?,13-,18?/m1/s1. The molecule has 1 aliphatic heterocycles. The molecule has 0 aromatic carbocycles. The van der Waals surface area contributed by atoms with Crippen LogP contribution in [0.5, 0.6) is 0 Å². The first-order valence-electron chi connectivity index (χ1n) is 9.58. The molecule has 1 saturated heterocycles. The molecule has 1 amide bonds. The van der Waals surface area contributed by atoms with E-state index in [1.165, 1.54) is 36.5 Å². The fraction of sp³-hybridized carbons (Fsp3) is 0.389. The molecule has 3 unspecified atom stereocenters. The second-order valence-corrected chi connectivity index (χ2v) is 9.27. The first-order chi connectivity index (χ1) is 15.7. The van der Waals surface area contributed by atoms with E-state index in [9.17, 15) is 23.4 Å². The van der Waals surface area contributed by atoms with Crippen molar-refractivity contribution in [2.75, 3.05) is 25.7 Å². The van der Waals surface area contributed by atoms with Crippen molar-refractivity contribution in [3.63, 3.8) is 0 Å². The van der Waals surface area contributed by atoms with Crippen molar-refractivity contribution in [1.82, 2.24) is 30.0 Å². The zero-order valence-electron chi connectivity index (χ0n) is 17.7. The van der Waals surface area contributed by atoms with Crippen molar-refractivity contribution >= 4 is 32.7 Å². The molecule has 4 rings (SSSR count). The number of nitrogens with zero attached hydrogens (tertiary/aromatic N) is 5. The quantitative estimate of drug-likeness (QED) is 0.304. The van der Waals surface area contributed by atoms with Gasteiger partial charge in [-0.3, -0.25) is 19.2 Å². The lowest BCUT2D eigenvalue weighted by Crippen LogP contribution is -2.42. The molecule has 4 atom stereocenters. The van der Waals surface area contributed by atoms with Gasteiger partial charge >= 0.3 is 0 Å². The fourth-order valence-electron chi connectivity index (χ4n) is 3.41. The highest BCUT2D eigenvalue weighted by Crippen LogP contribution is 2.33. The molecule has 33 heavy (non-hydrogen) atoms. The molecule has 14 nitrogen and oxygen atoms in total. The van der Waals surface area contributed by atoms with E-state index in [4.69, 9.17) is 4.74 Å². The zero-order valence-corrected chi connectivity index (χ0v) is 18.5. The molecule has 3 aromatic rings. The Bertz CT molecular complexity index is 1310. The summed E-state index contributed by atoms with van der Waals surface area (Å²) < 4.78 is 30.8. The largest absolute Gasteiger partial charge is 0.387 e. The van der Waals surface area contributed by atoms with Crippen LogP contribution >= 0.6 is 0 Å². The number of aliphatic hydroxyl groups is 2. The predicted octanol–water partition coefficient (Wildman–Crippen LogP) is -1.37. The lowest BCUT2D eigenvalue weighted by atomic mass is 10.1. The van der Waals surface area contributed by atoms with Gasteiger partial charge in [0.25, 0.3) is 5.91 Å². The second kappa shape index (κ2) is 8.60. The third-order valence-electron chi connectivity index (χ3n) is 5.03. The van der Waals surface area contributed by atoms with E-state index in [-0.39, 0.29) is 16.4 Å². The number of aliphatic hydroxyl groups excluding tert-OH is 2. The maximum atomic E-state index is 12.1. The van der Waals surface area contributed by atoms with Crippen LogP contribution in [0.1, 0.15) is 6.23 Å². The van der Waals surface area contributed by atoms with Crippen LogP contribution in [-0.4, -0.2) is 87.8 Å². The maximum absolute atomic E-state index is 12.1. The third kappa shape index (κ3) is 4.11. The molecule has 1 aliphatic rings. The van der Waals surface area contributed by atoms with Gasteiger partial charge in [0.15, 0.2) is 45.0 Å². The van der Waals surface area contributed by atoms with E-state index < -0.39 is 40.3 Å². The number of hydrogen-bond acceptors (Lipinski definition) is 12. The molecule has 4 heterocycles.